The lowest BCUT2D eigenvalue weighted by Crippen LogP contribution is -2.27. The summed E-state index contributed by atoms with van der Waals surface area (Å²) in [5.74, 6) is 0.0436. The first-order valence-corrected chi connectivity index (χ1v) is 6.15. The number of hydrogen-bond acceptors (Lipinski definition) is 2. The van der Waals surface area contributed by atoms with Crippen LogP contribution in [0, 0.1) is 0 Å². The van der Waals surface area contributed by atoms with Crippen LogP contribution in [-0.4, -0.2) is 10.4 Å². The van der Waals surface area contributed by atoms with Crippen molar-refractivity contribution in [1.29, 1.82) is 0 Å². The highest BCUT2D eigenvalue weighted by atomic mass is 79.9. The van der Waals surface area contributed by atoms with E-state index in [0.29, 0.717) is 10.9 Å². The van der Waals surface area contributed by atoms with Crippen molar-refractivity contribution in [1.82, 2.24) is 4.57 Å². The van der Waals surface area contributed by atoms with E-state index in [4.69, 9.17) is 0 Å². The van der Waals surface area contributed by atoms with E-state index < -0.39 is 6.04 Å². The van der Waals surface area contributed by atoms with Crippen LogP contribution >= 0.6 is 31.9 Å². The third-order valence-electron chi connectivity index (χ3n) is 2.20. The van der Waals surface area contributed by atoms with E-state index in [2.05, 4.69) is 31.9 Å². The van der Waals surface area contributed by atoms with Crippen LogP contribution in [0.4, 0.5) is 0 Å². The van der Waals surface area contributed by atoms with Gasteiger partial charge >= 0.3 is 0 Å². The summed E-state index contributed by atoms with van der Waals surface area (Å²) in [6, 6.07) is 1.25. The molecule has 1 unspecified atom stereocenters. The predicted octanol–water partition coefficient (Wildman–Crippen LogP) is 2.91. The van der Waals surface area contributed by atoms with Crippen LogP contribution in [0.3, 0.4) is 0 Å². The maximum Gasteiger partial charge on any atom is 0.265 e. The molecule has 0 bridgehead atoms. The molecule has 0 spiro atoms. The second-order valence-corrected chi connectivity index (χ2v) is 4.98. The third-order valence-corrected chi connectivity index (χ3v) is 3.20. The maximum atomic E-state index is 11.7. The van der Waals surface area contributed by atoms with Crippen molar-refractivity contribution < 1.29 is 4.79 Å². The Hall–Kier alpha value is -0.420. The number of rotatable bonds is 3. The van der Waals surface area contributed by atoms with E-state index in [0.717, 1.165) is 4.47 Å². The van der Waals surface area contributed by atoms with Gasteiger partial charge in [0, 0.05) is 17.1 Å². The lowest BCUT2D eigenvalue weighted by Gasteiger charge is -2.13. The first-order chi connectivity index (χ1) is 6.97. The number of hydrogen-bond donors (Lipinski definition) is 0. The summed E-state index contributed by atoms with van der Waals surface area (Å²) in [5.41, 5.74) is -0.187. The summed E-state index contributed by atoms with van der Waals surface area (Å²) >= 11 is 6.45. The number of pyridine rings is 1. The summed E-state index contributed by atoms with van der Waals surface area (Å²) in [5, 5.41) is 0. The first kappa shape index (κ1) is 12.6. The van der Waals surface area contributed by atoms with Gasteiger partial charge in [0.05, 0.1) is 10.5 Å². The maximum absolute atomic E-state index is 11.7. The van der Waals surface area contributed by atoms with Gasteiger partial charge in [0.15, 0.2) is 5.78 Å². The first-order valence-electron chi connectivity index (χ1n) is 4.57. The Morgan fingerprint density at radius 2 is 2.13 bits per heavy atom. The molecule has 0 aliphatic carbocycles. The standard InChI is InChI=1S/C10H11Br2NO2/c1-3-9(14)6(2)13-5-7(11)4-8(12)10(13)15/h4-6H,3H2,1-2H3. The van der Waals surface area contributed by atoms with Crippen LogP contribution in [0.1, 0.15) is 26.3 Å². The second kappa shape index (κ2) is 5.07. The fourth-order valence-corrected chi connectivity index (χ4v) is 2.48. The van der Waals surface area contributed by atoms with E-state index >= 15 is 0 Å². The fourth-order valence-electron chi connectivity index (χ4n) is 1.27. The fraction of sp³-hybridized carbons (Fsp3) is 0.400. The van der Waals surface area contributed by atoms with Gasteiger partial charge < -0.3 is 4.57 Å². The molecule has 15 heavy (non-hydrogen) atoms. The van der Waals surface area contributed by atoms with Crippen LogP contribution in [-0.2, 0) is 4.79 Å². The smallest absolute Gasteiger partial charge is 0.265 e. The largest absolute Gasteiger partial charge is 0.303 e. The molecule has 1 heterocycles. The predicted molar refractivity (Wildman–Crippen MR) is 66.1 cm³/mol. The zero-order valence-corrected chi connectivity index (χ0v) is 11.6. The molecule has 0 aliphatic rings. The number of aromatic nitrogens is 1. The molecule has 1 aromatic rings. The summed E-state index contributed by atoms with van der Waals surface area (Å²) in [4.78, 5) is 23.2. The molecule has 0 amide bonds. The molecule has 0 saturated carbocycles. The molecule has 82 valence electrons. The Morgan fingerprint density at radius 3 is 2.67 bits per heavy atom. The highest BCUT2D eigenvalue weighted by Gasteiger charge is 2.15. The molecular weight excluding hydrogens is 326 g/mol. The Labute approximate surface area is 105 Å². The Bertz CT molecular complexity index is 440. The van der Waals surface area contributed by atoms with E-state index in [1.54, 1.807) is 26.1 Å². The quantitative estimate of drug-likeness (QED) is 0.851. The number of carbonyl (C=O) groups excluding carboxylic acids is 1. The zero-order chi connectivity index (χ0) is 11.6. The zero-order valence-electron chi connectivity index (χ0n) is 8.46. The monoisotopic (exact) mass is 335 g/mol. The van der Waals surface area contributed by atoms with Gasteiger partial charge in [0.25, 0.3) is 5.56 Å². The number of Topliss-reactive ketones (excluding diaryl/α,β-unsaturated/α-hetero) is 1. The molecule has 0 fully saturated rings. The summed E-state index contributed by atoms with van der Waals surface area (Å²) in [6.07, 6.45) is 2.06. The van der Waals surface area contributed by atoms with Gasteiger partial charge in [0.1, 0.15) is 0 Å². The lowest BCUT2D eigenvalue weighted by atomic mass is 10.1. The van der Waals surface area contributed by atoms with Gasteiger partial charge in [-0.15, -0.1) is 0 Å². The molecular formula is C10H11Br2NO2. The van der Waals surface area contributed by atoms with Crippen molar-refractivity contribution in [3.05, 3.63) is 31.6 Å². The average molecular weight is 337 g/mol. The van der Waals surface area contributed by atoms with Gasteiger partial charge in [-0.25, -0.2) is 0 Å². The van der Waals surface area contributed by atoms with E-state index in [1.165, 1.54) is 4.57 Å². The van der Waals surface area contributed by atoms with Crippen molar-refractivity contribution >= 4 is 37.6 Å². The number of ketones is 1. The Morgan fingerprint density at radius 1 is 1.53 bits per heavy atom. The number of carbonyl (C=O) groups is 1. The van der Waals surface area contributed by atoms with Gasteiger partial charge in [-0.3, -0.25) is 9.59 Å². The van der Waals surface area contributed by atoms with Crippen molar-refractivity contribution in [2.45, 2.75) is 26.3 Å². The average Bonchev–Trinajstić information content (AvgIpc) is 2.21. The van der Waals surface area contributed by atoms with Crippen LogP contribution in [0.2, 0.25) is 0 Å². The van der Waals surface area contributed by atoms with Crippen LogP contribution < -0.4 is 5.56 Å². The van der Waals surface area contributed by atoms with Crippen LogP contribution in [0.5, 0.6) is 0 Å². The van der Waals surface area contributed by atoms with Gasteiger partial charge in [0.2, 0.25) is 0 Å². The van der Waals surface area contributed by atoms with Gasteiger partial charge in [-0.05, 0) is 44.8 Å². The Balaban J connectivity index is 3.25. The van der Waals surface area contributed by atoms with Crippen LogP contribution in [0.15, 0.2) is 26.0 Å². The molecule has 0 aromatic carbocycles. The number of nitrogens with zero attached hydrogens (tertiary/aromatic N) is 1. The minimum absolute atomic E-state index is 0.0436. The highest BCUT2D eigenvalue weighted by Crippen LogP contribution is 2.16. The summed E-state index contributed by atoms with van der Waals surface area (Å²) < 4.78 is 2.65. The normalized spacial score (nSPS) is 12.5. The Kier molecular flexibility index (Phi) is 4.28. The molecule has 5 heteroatoms. The highest BCUT2D eigenvalue weighted by molar-refractivity contribution is 9.11. The van der Waals surface area contributed by atoms with Gasteiger partial charge in [-0.2, -0.15) is 0 Å². The minimum atomic E-state index is -0.420. The van der Waals surface area contributed by atoms with E-state index in [1.807, 2.05) is 0 Å². The van der Waals surface area contributed by atoms with Crippen molar-refractivity contribution in [2.24, 2.45) is 0 Å². The topological polar surface area (TPSA) is 39.1 Å². The minimum Gasteiger partial charge on any atom is -0.303 e. The number of halogens is 2. The van der Waals surface area contributed by atoms with E-state index in [-0.39, 0.29) is 11.3 Å². The summed E-state index contributed by atoms with van der Waals surface area (Å²) in [7, 11) is 0. The molecule has 0 N–H and O–H groups in total. The SMILES string of the molecule is CCC(=O)C(C)n1cc(Br)cc(Br)c1=O. The molecule has 1 rings (SSSR count). The van der Waals surface area contributed by atoms with Crippen molar-refractivity contribution in [3.8, 4) is 0 Å². The second-order valence-electron chi connectivity index (χ2n) is 3.21. The third kappa shape index (κ3) is 2.78. The molecule has 1 atom stereocenters. The molecule has 0 aliphatic heterocycles. The van der Waals surface area contributed by atoms with Crippen molar-refractivity contribution in [3.63, 3.8) is 0 Å². The lowest BCUT2D eigenvalue weighted by molar-refractivity contribution is -0.121. The van der Waals surface area contributed by atoms with E-state index in [9.17, 15) is 9.59 Å². The van der Waals surface area contributed by atoms with Crippen LogP contribution in [0.25, 0.3) is 0 Å². The molecule has 1 aromatic heterocycles. The molecule has 0 radical (unpaired) electrons. The molecule has 3 nitrogen and oxygen atoms in total. The summed E-state index contributed by atoms with van der Waals surface area (Å²) in [6.45, 7) is 3.52. The van der Waals surface area contributed by atoms with Crippen molar-refractivity contribution in [2.75, 3.05) is 0 Å². The van der Waals surface area contributed by atoms with Gasteiger partial charge in [-0.1, -0.05) is 6.92 Å². The molecule has 0 saturated heterocycles.